The van der Waals surface area contributed by atoms with E-state index in [1.165, 1.54) is 22.7 Å². The molecule has 0 aliphatic carbocycles. The summed E-state index contributed by atoms with van der Waals surface area (Å²) in [5.41, 5.74) is 5.60. The van der Waals surface area contributed by atoms with Gasteiger partial charge in [-0.15, -0.1) is 22.7 Å². The zero-order valence-corrected chi connectivity index (χ0v) is 19.5. The van der Waals surface area contributed by atoms with Crippen LogP contribution < -0.4 is 5.32 Å². The smallest absolute Gasteiger partial charge is 0.267 e. The quantitative estimate of drug-likeness (QED) is 0.431. The highest BCUT2D eigenvalue weighted by Crippen LogP contribution is 2.28. The summed E-state index contributed by atoms with van der Waals surface area (Å²) in [4.78, 5) is 17.9. The number of thiophene rings is 1. The first-order chi connectivity index (χ1) is 14.4. The summed E-state index contributed by atoms with van der Waals surface area (Å²) >= 11 is 9.03. The van der Waals surface area contributed by atoms with E-state index in [0.29, 0.717) is 21.6 Å². The number of rotatable bonds is 6. The van der Waals surface area contributed by atoms with Gasteiger partial charge in [-0.25, -0.2) is 4.98 Å². The molecule has 1 amide bonds. The Bertz CT molecular complexity index is 1220. The number of nitrogens with zero attached hydrogens (tertiary/aromatic N) is 5. The van der Waals surface area contributed by atoms with E-state index in [-0.39, 0.29) is 5.91 Å². The van der Waals surface area contributed by atoms with Crippen LogP contribution in [-0.4, -0.2) is 30.5 Å². The molecule has 0 saturated heterocycles. The molecule has 0 radical (unpaired) electrons. The Hall–Kier alpha value is -2.49. The number of anilines is 1. The summed E-state index contributed by atoms with van der Waals surface area (Å²) in [6.07, 6.45) is 1.82. The number of aromatic nitrogens is 5. The molecule has 0 saturated carbocycles. The van der Waals surface area contributed by atoms with Gasteiger partial charge in [0, 0.05) is 23.2 Å². The van der Waals surface area contributed by atoms with Gasteiger partial charge < -0.3 is 0 Å². The molecule has 4 aromatic rings. The lowest BCUT2D eigenvalue weighted by molar-refractivity contribution is 0.103. The summed E-state index contributed by atoms with van der Waals surface area (Å²) in [7, 11) is 0. The molecule has 4 aromatic heterocycles. The summed E-state index contributed by atoms with van der Waals surface area (Å²) in [6.45, 7) is 9.28. The lowest BCUT2D eigenvalue weighted by Crippen LogP contribution is -2.10. The number of thiazole rings is 1. The van der Waals surface area contributed by atoms with Crippen molar-refractivity contribution in [3.05, 3.63) is 55.6 Å². The van der Waals surface area contributed by atoms with Gasteiger partial charge in [0.15, 0.2) is 5.13 Å². The van der Waals surface area contributed by atoms with Crippen molar-refractivity contribution in [2.75, 3.05) is 5.32 Å². The Morgan fingerprint density at radius 3 is 2.63 bits per heavy atom. The highest BCUT2D eigenvalue weighted by atomic mass is 35.5. The molecule has 156 valence electrons. The number of nitrogens with one attached hydrogen (secondary N) is 1. The number of amides is 1. The second-order valence-corrected chi connectivity index (χ2v) is 9.06. The third-order valence-corrected chi connectivity index (χ3v) is 7.19. The molecule has 0 bridgehead atoms. The van der Waals surface area contributed by atoms with Crippen LogP contribution in [0.3, 0.4) is 0 Å². The maximum atomic E-state index is 12.7. The zero-order chi connectivity index (χ0) is 21.4. The van der Waals surface area contributed by atoms with Crippen LogP contribution in [0.4, 0.5) is 5.13 Å². The topological polar surface area (TPSA) is 77.6 Å². The van der Waals surface area contributed by atoms with Crippen LogP contribution in [-0.2, 0) is 13.1 Å². The molecule has 0 unspecified atom stereocenters. The van der Waals surface area contributed by atoms with E-state index < -0.39 is 0 Å². The predicted molar refractivity (Wildman–Crippen MR) is 122 cm³/mol. The second-order valence-electron chi connectivity index (χ2n) is 6.91. The molecule has 0 aromatic carbocycles. The number of aryl methyl sites for hydroxylation is 2. The van der Waals surface area contributed by atoms with Gasteiger partial charge >= 0.3 is 0 Å². The molecule has 0 fully saturated rings. The molecule has 0 atom stereocenters. The fourth-order valence-electron chi connectivity index (χ4n) is 3.21. The third kappa shape index (κ3) is 3.92. The van der Waals surface area contributed by atoms with E-state index >= 15 is 0 Å². The van der Waals surface area contributed by atoms with Crippen LogP contribution in [0.15, 0.2) is 23.0 Å². The van der Waals surface area contributed by atoms with Crippen molar-refractivity contribution in [1.82, 2.24) is 24.5 Å². The monoisotopic (exact) mass is 460 g/mol. The van der Waals surface area contributed by atoms with Crippen molar-refractivity contribution in [1.29, 1.82) is 0 Å². The fraction of sp³-hybridized carbons (Fsp3) is 0.300. The van der Waals surface area contributed by atoms with Gasteiger partial charge in [-0.1, -0.05) is 11.6 Å². The standard InChI is InChI=1S/C20H21ClN6OS2/c1-5-26-12(3)15(7-22-26)16-10-30-20(23-16)24-19(28)17-6-14(9-29-17)8-27-13(4)18(21)11(2)25-27/h6-7,9-10H,5,8H2,1-4H3,(H,23,24,28). The van der Waals surface area contributed by atoms with Crippen molar-refractivity contribution >= 4 is 45.3 Å². The zero-order valence-electron chi connectivity index (χ0n) is 17.1. The van der Waals surface area contributed by atoms with Crippen LogP contribution in [0.1, 0.15) is 39.2 Å². The second kappa shape index (κ2) is 8.33. The van der Waals surface area contributed by atoms with Crippen LogP contribution in [0.5, 0.6) is 0 Å². The molecule has 30 heavy (non-hydrogen) atoms. The first-order valence-corrected chi connectivity index (χ1v) is 11.6. The fourth-order valence-corrected chi connectivity index (χ4v) is 4.85. The van der Waals surface area contributed by atoms with Crippen molar-refractivity contribution in [2.45, 2.75) is 40.8 Å². The Morgan fingerprint density at radius 2 is 1.97 bits per heavy atom. The van der Waals surface area contributed by atoms with Gasteiger partial charge in [-0.05, 0) is 44.7 Å². The molecule has 0 aliphatic heterocycles. The van der Waals surface area contributed by atoms with Gasteiger partial charge in [-0.3, -0.25) is 19.5 Å². The largest absolute Gasteiger partial charge is 0.297 e. The van der Waals surface area contributed by atoms with E-state index in [2.05, 4.69) is 27.4 Å². The van der Waals surface area contributed by atoms with Crippen LogP contribution in [0, 0.1) is 20.8 Å². The Balaban J connectivity index is 1.45. The van der Waals surface area contributed by atoms with E-state index in [9.17, 15) is 4.79 Å². The molecule has 10 heteroatoms. The summed E-state index contributed by atoms with van der Waals surface area (Å²) in [5.74, 6) is -0.167. The number of hydrogen-bond donors (Lipinski definition) is 1. The predicted octanol–water partition coefficient (Wildman–Crippen LogP) is 5.16. The first-order valence-electron chi connectivity index (χ1n) is 9.44. The van der Waals surface area contributed by atoms with Crippen molar-refractivity contribution in [3.63, 3.8) is 0 Å². The molecule has 0 spiro atoms. The number of carbonyl (C=O) groups is 1. The third-order valence-electron chi connectivity index (χ3n) is 4.91. The van der Waals surface area contributed by atoms with Crippen molar-refractivity contribution in [2.24, 2.45) is 0 Å². The Morgan fingerprint density at radius 1 is 1.17 bits per heavy atom. The van der Waals surface area contributed by atoms with Gasteiger partial charge in [-0.2, -0.15) is 10.2 Å². The lowest BCUT2D eigenvalue weighted by atomic mass is 10.2. The minimum atomic E-state index is -0.167. The minimum Gasteiger partial charge on any atom is -0.297 e. The van der Waals surface area contributed by atoms with Crippen molar-refractivity contribution < 1.29 is 4.79 Å². The number of halogens is 1. The number of hydrogen-bond acceptors (Lipinski definition) is 6. The maximum absolute atomic E-state index is 12.7. The summed E-state index contributed by atoms with van der Waals surface area (Å²) in [5, 5.41) is 16.9. The maximum Gasteiger partial charge on any atom is 0.267 e. The summed E-state index contributed by atoms with van der Waals surface area (Å²) < 4.78 is 3.78. The first kappa shape index (κ1) is 20.8. The molecular formula is C20H21ClN6OS2. The van der Waals surface area contributed by atoms with E-state index in [0.717, 1.165) is 40.4 Å². The Labute approximate surface area is 187 Å². The average molecular weight is 461 g/mol. The van der Waals surface area contributed by atoms with Gasteiger partial charge in [0.05, 0.1) is 39.7 Å². The minimum absolute atomic E-state index is 0.167. The normalized spacial score (nSPS) is 11.2. The molecule has 4 rings (SSSR count). The molecule has 7 nitrogen and oxygen atoms in total. The molecular weight excluding hydrogens is 440 g/mol. The lowest BCUT2D eigenvalue weighted by Gasteiger charge is -2.02. The molecule has 4 heterocycles. The Kier molecular flexibility index (Phi) is 5.77. The number of carbonyl (C=O) groups excluding carboxylic acids is 1. The summed E-state index contributed by atoms with van der Waals surface area (Å²) in [6, 6.07) is 1.88. The van der Waals surface area contributed by atoms with Crippen LogP contribution in [0.25, 0.3) is 11.3 Å². The van der Waals surface area contributed by atoms with Crippen LogP contribution in [0.2, 0.25) is 5.02 Å². The highest BCUT2D eigenvalue weighted by Gasteiger charge is 2.16. The SMILES string of the molecule is CCn1ncc(-c2csc(NC(=O)c3cc(Cn4nc(C)c(Cl)c4C)cs3)n2)c1C. The van der Waals surface area contributed by atoms with E-state index in [1.54, 1.807) is 0 Å². The van der Waals surface area contributed by atoms with Crippen LogP contribution >= 0.6 is 34.3 Å². The van der Waals surface area contributed by atoms with E-state index in [4.69, 9.17) is 11.6 Å². The van der Waals surface area contributed by atoms with Gasteiger partial charge in [0.25, 0.3) is 5.91 Å². The van der Waals surface area contributed by atoms with E-state index in [1.807, 2.05) is 53.2 Å². The van der Waals surface area contributed by atoms with Gasteiger partial charge in [0.1, 0.15) is 0 Å². The molecule has 0 aliphatic rings. The van der Waals surface area contributed by atoms with Crippen molar-refractivity contribution in [3.8, 4) is 11.3 Å². The average Bonchev–Trinajstić information content (AvgIpc) is 3.49. The van der Waals surface area contributed by atoms with Gasteiger partial charge in [0.2, 0.25) is 0 Å². The molecule has 1 N–H and O–H groups in total. The highest BCUT2D eigenvalue weighted by molar-refractivity contribution is 7.14.